The Bertz CT molecular complexity index is 562. The molecule has 1 atom stereocenters. The average Bonchev–Trinajstić information content (AvgIpc) is 2.52. The van der Waals surface area contributed by atoms with Gasteiger partial charge in [0, 0.05) is 0 Å². The van der Waals surface area contributed by atoms with Crippen molar-refractivity contribution in [2.24, 2.45) is 5.92 Å². The van der Waals surface area contributed by atoms with E-state index in [0.717, 1.165) is 14.2 Å². The van der Waals surface area contributed by atoms with E-state index in [1.807, 2.05) is 0 Å². The van der Waals surface area contributed by atoms with Gasteiger partial charge < -0.3 is 19.5 Å². The van der Waals surface area contributed by atoms with Crippen LogP contribution in [-0.4, -0.2) is 37.9 Å². The van der Waals surface area contributed by atoms with Gasteiger partial charge in [0.05, 0.1) is 20.3 Å². The number of benzene rings is 1. The monoisotopic (exact) mass is 337 g/mol. The minimum Gasteiger partial charge on any atom is -0.468 e. The van der Waals surface area contributed by atoms with Gasteiger partial charge in [0.2, 0.25) is 0 Å². The fourth-order valence-corrected chi connectivity index (χ4v) is 2.08. The number of esters is 2. The summed E-state index contributed by atoms with van der Waals surface area (Å²) >= 11 is 0. The van der Waals surface area contributed by atoms with Gasteiger partial charge in [-0.3, -0.25) is 9.59 Å². The second-order valence-corrected chi connectivity index (χ2v) is 6.06. The number of ether oxygens (including phenoxy) is 3. The van der Waals surface area contributed by atoms with Crippen molar-refractivity contribution in [1.82, 2.24) is 5.32 Å². The number of carbonyl (C=O) groups is 3. The molecule has 0 aromatic heterocycles. The fraction of sp³-hybridized carbons (Fsp3) is 0.471. The molecule has 1 rings (SSSR count). The predicted molar refractivity (Wildman–Crippen MR) is 86.1 cm³/mol. The Labute approximate surface area is 141 Å². The minimum absolute atomic E-state index is 0.546. The highest BCUT2D eigenvalue weighted by Crippen LogP contribution is 2.25. The largest absolute Gasteiger partial charge is 0.468 e. The van der Waals surface area contributed by atoms with Gasteiger partial charge in [-0.05, 0) is 26.3 Å². The van der Waals surface area contributed by atoms with Gasteiger partial charge >= 0.3 is 18.0 Å². The molecule has 7 heteroatoms. The number of amides is 1. The van der Waals surface area contributed by atoms with E-state index in [2.05, 4.69) is 14.8 Å². The van der Waals surface area contributed by atoms with Crippen LogP contribution in [0.2, 0.25) is 0 Å². The van der Waals surface area contributed by atoms with Crippen molar-refractivity contribution in [3.63, 3.8) is 0 Å². The Morgan fingerprint density at radius 3 is 1.88 bits per heavy atom. The second-order valence-electron chi connectivity index (χ2n) is 6.06. The highest BCUT2D eigenvalue weighted by molar-refractivity contribution is 5.96. The molecule has 132 valence electrons. The number of hydrogen-bond donors (Lipinski definition) is 1. The van der Waals surface area contributed by atoms with E-state index in [1.165, 1.54) is 0 Å². The third-order valence-corrected chi connectivity index (χ3v) is 3.07. The summed E-state index contributed by atoms with van der Waals surface area (Å²) in [5, 5.41) is 2.56. The van der Waals surface area contributed by atoms with Crippen LogP contribution in [0.5, 0.6) is 0 Å². The molecule has 0 bridgehead atoms. The summed E-state index contributed by atoms with van der Waals surface area (Å²) < 4.78 is 14.6. The van der Waals surface area contributed by atoms with Crippen LogP contribution in [0.25, 0.3) is 0 Å². The molecule has 0 saturated heterocycles. The van der Waals surface area contributed by atoms with E-state index in [-0.39, 0.29) is 0 Å². The molecule has 0 aliphatic heterocycles. The lowest BCUT2D eigenvalue weighted by molar-refractivity contribution is -0.160. The van der Waals surface area contributed by atoms with Crippen molar-refractivity contribution in [3.05, 3.63) is 35.9 Å². The van der Waals surface area contributed by atoms with Crippen molar-refractivity contribution in [3.8, 4) is 0 Å². The van der Waals surface area contributed by atoms with Crippen molar-refractivity contribution in [1.29, 1.82) is 0 Å². The Morgan fingerprint density at radius 2 is 1.46 bits per heavy atom. The third-order valence-electron chi connectivity index (χ3n) is 3.07. The molecule has 0 fully saturated rings. The topological polar surface area (TPSA) is 90.9 Å². The summed E-state index contributed by atoms with van der Waals surface area (Å²) in [6.45, 7) is 5.13. The fourth-order valence-electron chi connectivity index (χ4n) is 2.08. The number of hydrogen-bond acceptors (Lipinski definition) is 6. The average molecular weight is 337 g/mol. The van der Waals surface area contributed by atoms with E-state index in [9.17, 15) is 14.4 Å². The van der Waals surface area contributed by atoms with Gasteiger partial charge in [-0.1, -0.05) is 30.3 Å². The predicted octanol–water partition coefficient (Wildman–Crippen LogP) is 2.21. The minimum atomic E-state index is -1.35. The lowest BCUT2D eigenvalue weighted by atomic mass is 9.93. The zero-order valence-electron chi connectivity index (χ0n) is 14.5. The Balaban J connectivity index is 3.19. The first-order valence-electron chi connectivity index (χ1n) is 7.39. The molecule has 1 amide bonds. The molecular formula is C17H23NO6. The summed E-state index contributed by atoms with van der Waals surface area (Å²) in [4.78, 5) is 36.3. The molecule has 7 nitrogen and oxygen atoms in total. The molecule has 1 aromatic carbocycles. The number of rotatable bonds is 5. The van der Waals surface area contributed by atoms with Crippen LogP contribution in [0, 0.1) is 5.92 Å². The first-order valence-corrected chi connectivity index (χ1v) is 7.39. The van der Waals surface area contributed by atoms with Crippen molar-refractivity contribution in [2.45, 2.75) is 32.4 Å². The molecule has 0 radical (unpaired) electrons. The molecule has 24 heavy (non-hydrogen) atoms. The van der Waals surface area contributed by atoms with Crippen LogP contribution in [0.3, 0.4) is 0 Å². The Kier molecular flexibility index (Phi) is 6.76. The van der Waals surface area contributed by atoms with Gasteiger partial charge in [0.1, 0.15) is 5.60 Å². The summed E-state index contributed by atoms with van der Waals surface area (Å²) in [5.74, 6) is -2.98. The van der Waals surface area contributed by atoms with Crippen LogP contribution in [0.1, 0.15) is 32.4 Å². The highest BCUT2D eigenvalue weighted by Gasteiger charge is 2.39. The molecule has 1 N–H and O–H groups in total. The van der Waals surface area contributed by atoms with Gasteiger partial charge in [-0.25, -0.2) is 4.79 Å². The van der Waals surface area contributed by atoms with E-state index in [1.54, 1.807) is 51.1 Å². The van der Waals surface area contributed by atoms with Crippen LogP contribution >= 0.6 is 0 Å². The van der Waals surface area contributed by atoms with Crippen LogP contribution < -0.4 is 5.32 Å². The molecule has 0 heterocycles. The molecule has 0 aliphatic rings. The van der Waals surface area contributed by atoms with Crippen LogP contribution in [0.4, 0.5) is 4.79 Å². The maximum absolute atomic E-state index is 12.1. The molecule has 1 unspecified atom stereocenters. The maximum atomic E-state index is 12.1. The Morgan fingerprint density at radius 1 is 0.958 bits per heavy atom. The molecule has 0 aliphatic carbocycles. The van der Waals surface area contributed by atoms with Crippen molar-refractivity contribution in [2.75, 3.05) is 14.2 Å². The van der Waals surface area contributed by atoms with E-state index in [0.29, 0.717) is 5.56 Å². The standard InChI is InChI=1S/C17H23NO6/c1-17(2,3)24-16(21)18-13(11-9-7-6-8-10-11)12(14(19)22-4)15(20)23-5/h6-10,12-13H,1-5H3,(H,18,21). The number of alkyl carbamates (subject to hydrolysis) is 1. The Hall–Kier alpha value is -2.57. The first kappa shape index (κ1) is 19.5. The van der Waals surface area contributed by atoms with E-state index in [4.69, 9.17) is 4.74 Å². The van der Waals surface area contributed by atoms with Crippen molar-refractivity contribution < 1.29 is 28.6 Å². The third kappa shape index (κ3) is 5.57. The van der Waals surface area contributed by atoms with Gasteiger partial charge in [0.15, 0.2) is 5.92 Å². The lowest BCUT2D eigenvalue weighted by Crippen LogP contribution is -2.43. The van der Waals surface area contributed by atoms with Gasteiger partial charge in [-0.2, -0.15) is 0 Å². The quantitative estimate of drug-likeness (QED) is 0.503. The van der Waals surface area contributed by atoms with Crippen molar-refractivity contribution >= 4 is 18.0 Å². The van der Waals surface area contributed by atoms with E-state index >= 15 is 0 Å². The normalized spacial score (nSPS) is 12.2. The number of nitrogens with one attached hydrogen (secondary N) is 1. The summed E-state index contributed by atoms with van der Waals surface area (Å²) in [6.07, 6.45) is -0.755. The van der Waals surface area contributed by atoms with E-state index < -0.39 is 35.6 Å². The maximum Gasteiger partial charge on any atom is 0.408 e. The summed E-state index contributed by atoms with van der Waals surface area (Å²) in [6, 6.07) is 7.61. The second kappa shape index (κ2) is 8.33. The van der Waals surface area contributed by atoms with Gasteiger partial charge in [0.25, 0.3) is 0 Å². The zero-order chi connectivity index (χ0) is 18.3. The van der Waals surface area contributed by atoms with Crippen LogP contribution in [-0.2, 0) is 23.8 Å². The SMILES string of the molecule is COC(=O)C(C(=O)OC)C(NC(=O)OC(C)(C)C)c1ccccc1. The summed E-state index contributed by atoms with van der Waals surface area (Å²) in [5.41, 5.74) is -0.179. The summed E-state index contributed by atoms with van der Waals surface area (Å²) in [7, 11) is 2.32. The number of carbonyl (C=O) groups excluding carboxylic acids is 3. The molecule has 1 aromatic rings. The zero-order valence-corrected chi connectivity index (χ0v) is 14.5. The number of methoxy groups -OCH3 is 2. The first-order chi connectivity index (χ1) is 11.2. The smallest absolute Gasteiger partial charge is 0.408 e. The van der Waals surface area contributed by atoms with Crippen LogP contribution in [0.15, 0.2) is 30.3 Å². The van der Waals surface area contributed by atoms with Gasteiger partial charge in [-0.15, -0.1) is 0 Å². The molecular weight excluding hydrogens is 314 g/mol. The lowest BCUT2D eigenvalue weighted by Gasteiger charge is -2.27. The molecule has 0 saturated carbocycles. The highest BCUT2D eigenvalue weighted by atomic mass is 16.6. The molecule has 0 spiro atoms.